The molecule has 126 valence electrons. The molecule has 3 aromatic rings. The van der Waals surface area contributed by atoms with E-state index < -0.39 is 5.25 Å². The third kappa shape index (κ3) is 3.20. The number of carbonyl (C=O) groups excluding carboxylic acids is 2. The monoisotopic (exact) mass is 372 g/mol. The van der Waals surface area contributed by atoms with Crippen LogP contribution < -0.4 is 10.7 Å². The molecule has 1 aliphatic heterocycles. The van der Waals surface area contributed by atoms with Crippen molar-refractivity contribution in [1.29, 1.82) is 0 Å². The molecule has 0 saturated carbocycles. The Morgan fingerprint density at radius 3 is 3.04 bits per heavy atom. The van der Waals surface area contributed by atoms with Crippen molar-refractivity contribution in [3.05, 3.63) is 53.8 Å². The van der Waals surface area contributed by atoms with Crippen molar-refractivity contribution in [3.63, 3.8) is 0 Å². The SMILES string of the molecule is O=C(C[C@H]1Sc2ccc(Cl)cc2NC1=O)Nn1cnc2ccccc21. The number of imidazole rings is 1. The number of nitrogens with one attached hydrogen (secondary N) is 2. The number of anilines is 1. The van der Waals surface area contributed by atoms with Crippen LogP contribution in [0, 0.1) is 0 Å². The van der Waals surface area contributed by atoms with E-state index in [9.17, 15) is 9.59 Å². The van der Waals surface area contributed by atoms with Gasteiger partial charge in [-0.1, -0.05) is 23.7 Å². The van der Waals surface area contributed by atoms with Crippen molar-refractivity contribution in [3.8, 4) is 0 Å². The average molecular weight is 373 g/mol. The summed E-state index contributed by atoms with van der Waals surface area (Å²) in [6, 6.07) is 12.8. The summed E-state index contributed by atoms with van der Waals surface area (Å²) < 4.78 is 1.57. The maximum atomic E-state index is 12.4. The molecule has 0 spiro atoms. The molecule has 0 saturated heterocycles. The fraction of sp³-hybridized carbons (Fsp3) is 0.118. The van der Waals surface area contributed by atoms with Gasteiger partial charge in [0.2, 0.25) is 11.8 Å². The van der Waals surface area contributed by atoms with E-state index in [1.165, 1.54) is 11.8 Å². The van der Waals surface area contributed by atoms with Crippen LogP contribution in [0.25, 0.3) is 11.0 Å². The number of carbonyl (C=O) groups is 2. The number of rotatable bonds is 3. The maximum Gasteiger partial charge on any atom is 0.240 e. The molecular weight excluding hydrogens is 360 g/mol. The molecule has 1 aromatic heterocycles. The van der Waals surface area contributed by atoms with Crippen LogP contribution in [0.2, 0.25) is 5.02 Å². The van der Waals surface area contributed by atoms with Crippen LogP contribution in [0.3, 0.4) is 0 Å². The van der Waals surface area contributed by atoms with Crippen molar-refractivity contribution in [2.75, 3.05) is 10.7 Å². The lowest BCUT2D eigenvalue weighted by molar-refractivity contribution is -0.121. The van der Waals surface area contributed by atoms with Gasteiger partial charge >= 0.3 is 0 Å². The van der Waals surface area contributed by atoms with Gasteiger partial charge in [0.1, 0.15) is 6.33 Å². The van der Waals surface area contributed by atoms with E-state index in [-0.39, 0.29) is 18.2 Å². The highest BCUT2D eigenvalue weighted by Gasteiger charge is 2.29. The van der Waals surface area contributed by atoms with Gasteiger partial charge in [-0.15, -0.1) is 11.8 Å². The highest BCUT2D eigenvalue weighted by atomic mass is 35.5. The minimum Gasteiger partial charge on any atom is -0.324 e. The van der Waals surface area contributed by atoms with E-state index in [0.29, 0.717) is 10.7 Å². The number of benzene rings is 2. The molecule has 0 unspecified atom stereocenters. The summed E-state index contributed by atoms with van der Waals surface area (Å²) in [6.45, 7) is 0. The third-order valence-electron chi connectivity index (χ3n) is 3.83. The quantitative estimate of drug-likeness (QED) is 0.739. The van der Waals surface area contributed by atoms with Gasteiger partial charge < -0.3 is 5.32 Å². The second-order valence-corrected chi connectivity index (χ2v) is 7.26. The summed E-state index contributed by atoms with van der Waals surface area (Å²) in [7, 11) is 0. The second-order valence-electron chi connectivity index (χ2n) is 5.58. The molecule has 0 aliphatic carbocycles. The van der Waals surface area contributed by atoms with Gasteiger partial charge in [-0.05, 0) is 30.3 Å². The Bertz CT molecular complexity index is 988. The van der Waals surface area contributed by atoms with Gasteiger partial charge in [0.05, 0.1) is 22.0 Å². The summed E-state index contributed by atoms with van der Waals surface area (Å²) in [5.41, 5.74) is 5.04. The normalized spacial score (nSPS) is 16.4. The van der Waals surface area contributed by atoms with Crippen LogP contribution in [0.1, 0.15) is 6.42 Å². The Balaban J connectivity index is 1.47. The predicted octanol–water partition coefficient (Wildman–Crippen LogP) is 3.26. The highest BCUT2D eigenvalue weighted by molar-refractivity contribution is 8.01. The van der Waals surface area contributed by atoms with E-state index in [1.807, 2.05) is 30.3 Å². The molecular formula is C17H13ClN4O2S. The first-order valence-electron chi connectivity index (χ1n) is 7.59. The Labute approximate surface area is 152 Å². The zero-order valence-electron chi connectivity index (χ0n) is 12.9. The number of halogens is 1. The molecule has 4 rings (SSSR count). The number of hydrogen-bond donors (Lipinski definition) is 2. The summed E-state index contributed by atoms with van der Waals surface area (Å²) in [5, 5.41) is 2.86. The van der Waals surface area contributed by atoms with Crippen LogP contribution in [0.5, 0.6) is 0 Å². The minimum atomic E-state index is -0.497. The van der Waals surface area contributed by atoms with Crippen molar-refractivity contribution in [1.82, 2.24) is 9.66 Å². The minimum absolute atomic E-state index is 0.0606. The van der Waals surface area contributed by atoms with E-state index >= 15 is 0 Å². The molecule has 25 heavy (non-hydrogen) atoms. The zero-order valence-corrected chi connectivity index (χ0v) is 14.5. The average Bonchev–Trinajstić information content (AvgIpc) is 2.99. The van der Waals surface area contributed by atoms with Gasteiger partial charge in [-0.2, -0.15) is 0 Å². The van der Waals surface area contributed by atoms with Crippen molar-refractivity contribution < 1.29 is 9.59 Å². The number of nitrogens with zero attached hydrogens (tertiary/aromatic N) is 2. The second kappa shape index (κ2) is 6.42. The summed E-state index contributed by atoms with van der Waals surface area (Å²) in [5.74, 6) is -0.460. The molecule has 2 amide bonds. The van der Waals surface area contributed by atoms with Crippen LogP contribution in [0.15, 0.2) is 53.7 Å². The van der Waals surface area contributed by atoms with Crippen LogP contribution >= 0.6 is 23.4 Å². The Morgan fingerprint density at radius 1 is 1.32 bits per heavy atom. The van der Waals surface area contributed by atoms with Gasteiger partial charge in [-0.3, -0.25) is 15.0 Å². The number of fused-ring (bicyclic) bond motifs is 2. The van der Waals surface area contributed by atoms with Crippen LogP contribution in [-0.4, -0.2) is 26.7 Å². The Hall–Kier alpha value is -2.51. The van der Waals surface area contributed by atoms with Crippen molar-refractivity contribution in [2.24, 2.45) is 0 Å². The summed E-state index contributed by atoms with van der Waals surface area (Å²) in [6.07, 6.45) is 1.61. The third-order valence-corrected chi connectivity index (χ3v) is 5.34. The number of hydrogen-bond acceptors (Lipinski definition) is 4. The number of para-hydroxylation sites is 2. The fourth-order valence-electron chi connectivity index (χ4n) is 2.65. The van der Waals surface area contributed by atoms with Gasteiger partial charge in [0.15, 0.2) is 0 Å². The molecule has 1 aliphatic rings. The molecule has 0 radical (unpaired) electrons. The van der Waals surface area contributed by atoms with Gasteiger partial charge in [0.25, 0.3) is 0 Å². The van der Waals surface area contributed by atoms with Crippen molar-refractivity contribution in [2.45, 2.75) is 16.6 Å². The number of aromatic nitrogens is 2. The number of thioether (sulfide) groups is 1. The number of amides is 2. The van der Waals surface area contributed by atoms with E-state index in [2.05, 4.69) is 15.7 Å². The first-order valence-corrected chi connectivity index (χ1v) is 8.85. The standard InChI is InChI=1S/C17H13ClN4O2S/c18-10-5-6-14-12(7-10)20-17(24)15(25-14)8-16(23)21-22-9-19-11-3-1-2-4-13(11)22/h1-7,9,15H,8H2,(H,20,24)(H,21,23)/t15-/m1/s1. The molecule has 1 atom stereocenters. The summed E-state index contributed by atoms with van der Waals surface area (Å²) >= 11 is 7.30. The largest absolute Gasteiger partial charge is 0.324 e. The molecule has 2 aromatic carbocycles. The van der Waals surface area contributed by atoms with Gasteiger partial charge in [-0.25, -0.2) is 9.66 Å². The Kier molecular flexibility index (Phi) is 4.10. The van der Waals surface area contributed by atoms with E-state index in [4.69, 9.17) is 11.6 Å². The lowest BCUT2D eigenvalue weighted by Gasteiger charge is -2.23. The van der Waals surface area contributed by atoms with Gasteiger partial charge in [0, 0.05) is 16.3 Å². The summed E-state index contributed by atoms with van der Waals surface area (Å²) in [4.78, 5) is 29.7. The molecule has 0 fully saturated rings. The Morgan fingerprint density at radius 2 is 2.16 bits per heavy atom. The first-order chi connectivity index (χ1) is 12.1. The zero-order chi connectivity index (χ0) is 17.4. The lowest BCUT2D eigenvalue weighted by atomic mass is 10.2. The first kappa shape index (κ1) is 16.0. The fourth-order valence-corrected chi connectivity index (χ4v) is 3.92. The van der Waals surface area contributed by atoms with Crippen LogP contribution in [-0.2, 0) is 9.59 Å². The molecule has 0 bridgehead atoms. The topological polar surface area (TPSA) is 76.0 Å². The predicted molar refractivity (Wildman–Crippen MR) is 98.4 cm³/mol. The van der Waals surface area contributed by atoms with E-state index in [1.54, 1.807) is 23.1 Å². The molecule has 2 N–H and O–H groups in total. The molecule has 8 heteroatoms. The highest BCUT2D eigenvalue weighted by Crippen LogP contribution is 2.38. The molecule has 2 heterocycles. The van der Waals surface area contributed by atoms with Crippen molar-refractivity contribution >= 4 is 51.9 Å². The van der Waals surface area contributed by atoms with E-state index in [0.717, 1.165) is 15.9 Å². The lowest BCUT2D eigenvalue weighted by Crippen LogP contribution is -2.34. The smallest absolute Gasteiger partial charge is 0.240 e. The maximum absolute atomic E-state index is 12.4. The van der Waals surface area contributed by atoms with Crippen LogP contribution in [0.4, 0.5) is 5.69 Å². The molecule has 6 nitrogen and oxygen atoms in total.